The molecule has 40 heavy (non-hydrogen) atoms. The molecule has 0 saturated carbocycles. The molecule has 0 bridgehead atoms. The predicted molar refractivity (Wildman–Crippen MR) is 140 cm³/mol. The zero-order valence-electron chi connectivity index (χ0n) is 21.0. The molecule has 0 aliphatic carbocycles. The van der Waals surface area contributed by atoms with Crippen molar-refractivity contribution in [3.05, 3.63) is 78.5 Å². The summed E-state index contributed by atoms with van der Waals surface area (Å²) >= 11 is 0. The van der Waals surface area contributed by atoms with Crippen LogP contribution < -0.4 is 19.3 Å². The van der Waals surface area contributed by atoms with Gasteiger partial charge in [0.2, 0.25) is 16.0 Å². The van der Waals surface area contributed by atoms with E-state index in [0.717, 1.165) is 11.9 Å². The summed E-state index contributed by atoms with van der Waals surface area (Å²) in [6.45, 7) is 1.99. The molecule has 0 radical (unpaired) electrons. The van der Waals surface area contributed by atoms with Crippen molar-refractivity contribution < 1.29 is 30.7 Å². The van der Waals surface area contributed by atoms with Crippen LogP contribution in [0.3, 0.4) is 0 Å². The van der Waals surface area contributed by atoms with E-state index in [4.69, 9.17) is 4.74 Å². The minimum absolute atomic E-state index is 0.00376. The number of nitrogens with one attached hydrogen (secondary N) is 1. The van der Waals surface area contributed by atoms with E-state index in [-0.39, 0.29) is 23.8 Å². The zero-order valence-corrected chi connectivity index (χ0v) is 21.8. The third-order valence-corrected chi connectivity index (χ3v) is 7.81. The number of piperazine rings is 1. The Balaban J connectivity index is 1.20. The number of hydrogen-bond donors (Lipinski definition) is 1. The summed E-state index contributed by atoms with van der Waals surface area (Å²) in [5.74, 6) is 0.302. The van der Waals surface area contributed by atoms with Crippen molar-refractivity contribution in [3.63, 3.8) is 0 Å². The van der Waals surface area contributed by atoms with Crippen molar-refractivity contribution in [1.29, 1.82) is 0 Å². The topological polar surface area (TPSA) is 101 Å². The molecule has 0 spiro atoms. The Morgan fingerprint density at radius 3 is 2.35 bits per heavy atom. The van der Waals surface area contributed by atoms with Crippen molar-refractivity contribution >= 4 is 32.6 Å². The number of fused-ring (bicyclic) bond motifs is 1. The van der Waals surface area contributed by atoms with Crippen LogP contribution in [0.2, 0.25) is 0 Å². The van der Waals surface area contributed by atoms with E-state index in [1.54, 1.807) is 18.2 Å². The lowest BCUT2D eigenvalue weighted by atomic mass is 10.2. The molecule has 1 aliphatic rings. The van der Waals surface area contributed by atoms with Gasteiger partial charge >= 0.3 is 6.18 Å². The smallest absolute Gasteiger partial charge is 0.419 e. The molecule has 1 aliphatic heterocycles. The average Bonchev–Trinajstić information content (AvgIpc) is 2.94. The third-order valence-electron chi connectivity index (χ3n) is 6.35. The normalized spacial score (nSPS) is 14.5. The Morgan fingerprint density at radius 2 is 1.62 bits per heavy atom. The van der Waals surface area contributed by atoms with Gasteiger partial charge in [-0.05, 0) is 42.5 Å². The summed E-state index contributed by atoms with van der Waals surface area (Å²) in [6, 6.07) is 14.1. The number of hydrogen-bond acceptors (Lipinski definition) is 8. The van der Waals surface area contributed by atoms with E-state index in [9.17, 15) is 26.0 Å². The first-order valence-electron chi connectivity index (χ1n) is 12.3. The molecule has 0 atom stereocenters. The van der Waals surface area contributed by atoms with Crippen LogP contribution in [-0.4, -0.2) is 62.7 Å². The number of ether oxygens (including phenoxy) is 1. The molecule has 5 rings (SSSR count). The first kappa shape index (κ1) is 27.5. The quantitative estimate of drug-likeness (QED) is 0.192. The maximum absolute atomic E-state index is 13.4. The van der Waals surface area contributed by atoms with E-state index < -0.39 is 27.7 Å². The highest BCUT2D eigenvalue weighted by Crippen LogP contribution is 2.35. The van der Waals surface area contributed by atoms with Crippen molar-refractivity contribution in [1.82, 2.24) is 19.7 Å². The first-order valence-corrected chi connectivity index (χ1v) is 13.8. The highest BCUT2D eigenvalue weighted by molar-refractivity contribution is 7.89. The van der Waals surface area contributed by atoms with Gasteiger partial charge in [0.15, 0.2) is 0 Å². The van der Waals surface area contributed by atoms with Gasteiger partial charge in [-0.3, -0.25) is 0 Å². The molecule has 0 unspecified atom stereocenters. The average molecular weight is 577 g/mol. The molecular weight excluding hydrogens is 552 g/mol. The lowest BCUT2D eigenvalue weighted by molar-refractivity contribution is -0.138. The van der Waals surface area contributed by atoms with Crippen LogP contribution in [-0.2, 0) is 16.2 Å². The van der Waals surface area contributed by atoms with Gasteiger partial charge in [0.25, 0.3) is 0 Å². The van der Waals surface area contributed by atoms with Crippen LogP contribution >= 0.6 is 0 Å². The van der Waals surface area contributed by atoms with E-state index in [1.165, 1.54) is 42.7 Å². The molecule has 1 fully saturated rings. The van der Waals surface area contributed by atoms with Crippen molar-refractivity contribution in [3.8, 4) is 5.75 Å². The molecular formula is C26H24F4N6O3S. The minimum Gasteiger partial charge on any atom is -0.492 e. The van der Waals surface area contributed by atoms with E-state index in [1.807, 2.05) is 4.90 Å². The highest BCUT2D eigenvalue weighted by atomic mass is 32.2. The Labute approximate surface area is 227 Å². The number of benzene rings is 2. The number of halogens is 4. The van der Waals surface area contributed by atoms with Gasteiger partial charge in [-0.2, -0.15) is 17.6 Å². The molecule has 4 aromatic rings. The molecule has 3 heterocycles. The predicted octanol–water partition coefficient (Wildman–Crippen LogP) is 3.87. The molecule has 2 aromatic carbocycles. The maximum atomic E-state index is 13.4. The number of para-hydroxylation sites is 1. The SMILES string of the molecule is O=S(=O)(NCCOc1ccccc1C(F)(F)F)c1ccc2nc(N3CCN(c4cc(F)ncn4)CC3)ccc2c1. The molecule has 9 nitrogen and oxygen atoms in total. The van der Waals surface area contributed by atoms with Crippen LogP contribution in [0.15, 0.2) is 71.9 Å². The number of rotatable bonds is 8. The lowest BCUT2D eigenvalue weighted by Crippen LogP contribution is -2.47. The Kier molecular flexibility index (Phi) is 7.72. The van der Waals surface area contributed by atoms with E-state index in [2.05, 4.69) is 24.6 Å². The summed E-state index contributed by atoms with van der Waals surface area (Å²) in [7, 11) is -3.94. The number of sulfonamides is 1. The van der Waals surface area contributed by atoms with Crippen LogP contribution in [0.1, 0.15) is 5.56 Å². The van der Waals surface area contributed by atoms with Crippen molar-refractivity contribution in [2.45, 2.75) is 11.1 Å². The third kappa shape index (κ3) is 6.23. The minimum atomic E-state index is -4.58. The molecule has 1 N–H and O–H groups in total. The van der Waals surface area contributed by atoms with E-state index >= 15 is 0 Å². The second-order valence-electron chi connectivity index (χ2n) is 8.94. The Morgan fingerprint density at radius 1 is 0.900 bits per heavy atom. The number of alkyl halides is 3. The number of anilines is 2. The molecule has 0 amide bonds. The second-order valence-corrected chi connectivity index (χ2v) is 10.7. The van der Waals surface area contributed by atoms with Crippen LogP contribution in [0.4, 0.5) is 29.2 Å². The van der Waals surface area contributed by atoms with E-state index in [0.29, 0.717) is 42.9 Å². The largest absolute Gasteiger partial charge is 0.492 e. The zero-order chi connectivity index (χ0) is 28.3. The van der Waals surface area contributed by atoms with Gasteiger partial charge in [-0.25, -0.2) is 28.1 Å². The second kappa shape index (κ2) is 11.2. The van der Waals surface area contributed by atoms with Gasteiger partial charge in [0, 0.05) is 44.2 Å². The van der Waals surface area contributed by atoms with Crippen LogP contribution in [0.5, 0.6) is 5.75 Å². The first-order chi connectivity index (χ1) is 19.1. The summed E-state index contributed by atoms with van der Waals surface area (Å²) < 4.78 is 85.8. The van der Waals surface area contributed by atoms with Gasteiger partial charge in [-0.15, -0.1) is 0 Å². The van der Waals surface area contributed by atoms with Gasteiger partial charge in [-0.1, -0.05) is 12.1 Å². The summed E-state index contributed by atoms with van der Waals surface area (Å²) in [4.78, 5) is 16.3. The van der Waals surface area contributed by atoms with Crippen LogP contribution in [0, 0.1) is 5.95 Å². The van der Waals surface area contributed by atoms with Gasteiger partial charge < -0.3 is 14.5 Å². The fraction of sp³-hybridized carbons (Fsp3) is 0.269. The lowest BCUT2D eigenvalue weighted by Gasteiger charge is -2.36. The fourth-order valence-corrected chi connectivity index (χ4v) is 5.39. The van der Waals surface area contributed by atoms with Crippen LogP contribution in [0.25, 0.3) is 10.9 Å². The monoisotopic (exact) mass is 576 g/mol. The summed E-state index contributed by atoms with van der Waals surface area (Å²) in [5.41, 5.74) is -0.328. The molecule has 1 saturated heterocycles. The number of nitrogens with zero attached hydrogens (tertiary/aromatic N) is 5. The molecule has 14 heteroatoms. The van der Waals surface area contributed by atoms with Gasteiger partial charge in [0.05, 0.1) is 16.0 Å². The van der Waals surface area contributed by atoms with Crippen molar-refractivity contribution in [2.75, 3.05) is 49.1 Å². The maximum Gasteiger partial charge on any atom is 0.419 e. The number of aromatic nitrogens is 3. The molecule has 210 valence electrons. The Bertz CT molecular complexity index is 1610. The standard InChI is InChI=1S/C26H24F4N6O3S/c27-23-16-25(32-17-31-23)36-12-10-35(11-13-36)24-8-5-18-15-19(6-7-21(18)34-24)40(37,38)33-9-14-39-22-4-2-1-3-20(22)26(28,29)30/h1-8,15-17,33H,9-14H2. The fourth-order valence-electron chi connectivity index (χ4n) is 4.35. The van der Waals surface area contributed by atoms with Gasteiger partial charge in [0.1, 0.15) is 30.3 Å². The van der Waals surface area contributed by atoms with Crippen molar-refractivity contribution in [2.24, 2.45) is 0 Å². The molecule has 2 aromatic heterocycles. The summed E-state index contributed by atoms with van der Waals surface area (Å²) in [6.07, 6.45) is -3.39. The number of pyridine rings is 1. The Hall–Kier alpha value is -4.04. The highest BCUT2D eigenvalue weighted by Gasteiger charge is 2.34. The summed E-state index contributed by atoms with van der Waals surface area (Å²) in [5, 5.41) is 0.608.